The average Bonchev–Trinajstić information content (AvgIpc) is 2.59. The van der Waals surface area contributed by atoms with Gasteiger partial charge in [-0.1, -0.05) is 12.1 Å². The number of nitrogens with one attached hydrogen (secondary N) is 1. The van der Waals surface area contributed by atoms with Crippen LogP contribution in [0.4, 0.5) is 0 Å². The Morgan fingerprint density at radius 1 is 1.26 bits per heavy atom. The highest BCUT2D eigenvalue weighted by Gasteiger charge is 2.27. The summed E-state index contributed by atoms with van der Waals surface area (Å²) >= 11 is 0. The van der Waals surface area contributed by atoms with Crippen molar-refractivity contribution in [3.63, 3.8) is 0 Å². The van der Waals surface area contributed by atoms with Crippen molar-refractivity contribution in [3.05, 3.63) is 35.4 Å². The van der Waals surface area contributed by atoms with E-state index in [0.717, 1.165) is 18.4 Å². The van der Waals surface area contributed by atoms with Crippen LogP contribution >= 0.6 is 0 Å². The van der Waals surface area contributed by atoms with E-state index in [1.807, 2.05) is 0 Å². The zero-order valence-corrected chi connectivity index (χ0v) is 13.2. The molecule has 1 aliphatic heterocycles. The van der Waals surface area contributed by atoms with Gasteiger partial charge in [0, 0.05) is 26.6 Å². The zero-order chi connectivity index (χ0) is 16.8. The first kappa shape index (κ1) is 17.0. The number of carbonyl (C=O) groups excluding carboxylic acids is 2. The molecule has 1 heterocycles. The lowest BCUT2D eigenvalue weighted by Gasteiger charge is -2.32. The summed E-state index contributed by atoms with van der Waals surface area (Å²) < 4.78 is 0. The van der Waals surface area contributed by atoms with Crippen LogP contribution in [0.3, 0.4) is 0 Å². The molecule has 1 aromatic carbocycles. The second-order valence-corrected chi connectivity index (χ2v) is 5.80. The Bertz CT molecular complexity index is 583. The Hall–Kier alpha value is -2.37. The number of benzene rings is 1. The van der Waals surface area contributed by atoms with Gasteiger partial charge in [-0.2, -0.15) is 0 Å². The molecule has 0 aromatic heterocycles. The number of carboxylic acids is 1. The van der Waals surface area contributed by atoms with Crippen LogP contribution in [0.1, 0.15) is 35.2 Å². The van der Waals surface area contributed by atoms with E-state index in [4.69, 9.17) is 5.11 Å². The van der Waals surface area contributed by atoms with Gasteiger partial charge in [-0.3, -0.25) is 9.59 Å². The Labute approximate surface area is 135 Å². The van der Waals surface area contributed by atoms with Crippen LogP contribution in [0.2, 0.25) is 0 Å². The van der Waals surface area contributed by atoms with Crippen molar-refractivity contribution in [2.75, 3.05) is 20.1 Å². The van der Waals surface area contributed by atoms with Gasteiger partial charge in [-0.25, -0.2) is 4.79 Å². The van der Waals surface area contributed by atoms with Crippen molar-refractivity contribution in [2.24, 2.45) is 5.92 Å². The first-order valence-electron chi connectivity index (χ1n) is 7.83. The maximum Gasteiger partial charge on any atom is 0.335 e. The van der Waals surface area contributed by atoms with Gasteiger partial charge in [0.25, 0.3) is 0 Å². The standard InChI is InChI=1S/C17H22N2O4/c1-18-16(21)14-3-2-10-19(11-14)15(20)9-6-12-4-7-13(8-5-12)17(22)23/h4-5,7-8,14H,2-3,6,9-11H2,1H3,(H,18,21)(H,22,23)/t14-/m0/s1. The lowest BCUT2D eigenvalue weighted by molar-refractivity contribution is -0.135. The molecule has 0 saturated carbocycles. The number of carboxylic acid groups (broad SMARTS) is 1. The molecule has 1 saturated heterocycles. The minimum Gasteiger partial charge on any atom is -0.478 e. The van der Waals surface area contributed by atoms with Crippen LogP contribution in [-0.4, -0.2) is 47.9 Å². The SMILES string of the molecule is CNC(=O)[C@H]1CCCN(C(=O)CCc2ccc(C(=O)O)cc2)C1. The van der Waals surface area contributed by atoms with Gasteiger partial charge in [0.05, 0.1) is 11.5 Å². The van der Waals surface area contributed by atoms with E-state index < -0.39 is 5.97 Å². The lowest BCUT2D eigenvalue weighted by atomic mass is 9.96. The zero-order valence-electron chi connectivity index (χ0n) is 13.2. The third-order valence-electron chi connectivity index (χ3n) is 4.22. The van der Waals surface area contributed by atoms with Crippen molar-refractivity contribution in [3.8, 4) is 0 Å². The highest BCUT2D eigenvalue weighted by atomic mass is 16.4. The quantitative estimate of drug-likeness (QED) is 0.857. The largest absolute Gasteiger partial charge is 0.478 e. The molecule has 1 fully saturated rings. The molecule has 23 heavy (non-hydrogen) atoms. The highest BCUT2D eigenvalue weighted by Crippen LogP contribution is 2.18. The fraction of sp³-hybridized carbons (Fsp3) is 0.471. The minimum atomic E-state index is -0.957. The van der Waals surface area contributed by atoms with Crippen LogP contribution in [0.5, 0.6) is 0 Å². The Morgan fingerprint density at radius 3 is 2.57 bits per heavy atom. The minimum absolute atomic E-state index is 0.00763. The number of hydrogen-bond acceptors (Lipinski definition) is 3. The van der Waals surface area contributed by atoms with Gasteiger partial charge in [0.2, 0.25) is 11.8 Å². The number of aromatic carboxylic acids is 1. The number of aryl methyl sites for hydroxylation is 1. The molecule has 0 bridgehead atoms. The summed E-state index contributed by atoms with van der Waals surface area (Å²) in [6.07, 6.45) is 2.60. The average molecular weight is 318 g/mol. The predicted molar refractivity (Wildman–Crippen MR) is 85.1 cm³/mol. The van der Waals surface area contributed by atoms with Crippen molar-refractivity contribution >= 4 is 17.8 Å². The maximum absolute atomic E-state index is 12.3. The van der Waals surface area contributed by atoms with Crippen molar-refractivity contribution in [1.29, 1.82) is 0 Å². The summed E-state index contributed by atoms with van der Waals surface area (Å²) in [4.78, 5) is 36.6. The summed E-state index contributed by atoms with van der Waals surface area (Å²) in [6, 6.07) is 6.57. The Balaban J connectivity index is 1.86. The monoisotopic (exact) mass is 318 g/mol. The van der Waals surface area contributed by atoms with Crippen LogP contribution in [0.25, 0.3) is 0 Å². The van der Waals surface area contributed by atoms with Crippen LogP contribution in [0.15, 0.2) is 24.3 Å². The van der Waals surface area contributed by atoms with Crippen LogP contribution < -0.4 is 5.32 Å². The molecule has 1 aliphatic rings. The summed E-state index contributed by atoms with van der Waals surface area (Å²) in [6.45, 7) is 1.18. The Kier molecular flexibility index (Phi) is 5.73. The number of hydrogen-bond donors (Lipinski definition) is 2. The molecule has 0 aliphatic carbocycles. The maximum atomic E-state index is 12.3. The molecule has 1 aromatic rings. The number of nitrogens with zero attached hydrogens (tertiary/aromatic N) is 1. The molecule has 2 rings (SSSR count). The molecule has 124 valence electrons. The molecule has 6 heteroatoms. The molecule has 6 nitrogen and oxygen atoms in total. The molecule has 2 amide bonds. The van der Waals surface area contributed by atoms with Gasteiger partial charge >= 0.3 is 5.97 Å². The fourth-order valence-electron chi connectivity index (χ4n) is 2.85. The molecule has 0 spiro atoms. The second-order valence-electron chi connectivity index (χ2n) is 5.80. The van der Waals surface area contributed by atoms with Crippen LogP contribution in [0, 0.1) is 5.92 Å². The molecule has 2 N–H and O–H groups in total. The van der Waals surface area contributed by atoms with E-state index >= 15 is 0 Å². The topological polar surface area (TPSA) is 86.7 Å². The number of likely N-dealkylation sites (tertiary alicyclic amines) is 1. The third-order valence-corrected chi connectivity index (χ3v) is 4.22. The van der Waals surface area contributed by atoms with E-state index in [9.17, 15) is 14.4 Å². The molecule has 0 unspecified atom stereocenters. The summed E-state index contributed by atoms with van der Waals surface area (Å²) in [7, 11) is 1.61. The number of amides is 2. The van der Waals surface area contributed by atoms with E-state index in [-0.39, 0.29) is 23.3 Å². The van der Waals surface area contributed by atoms with E-state index in [2.05, 4.69) is 5.32 Å². The van der Waals surface area contributed by atoms with Gasteiger partial charge in [0.1, 0.15) is 0 Å². The summed E-state index contributed by atoms with van der Waals surface area (Å²) in [5, 5.41) is 11.5. The summed E-state index contributed by atoms with van der Waals surface area (Å²) in [5.41, 5.74) is 1.17. The van der Waals surface area contributed by atoms with E-state index in [1.165, 1.54) is 0 Å². The number of rotatable bonds is 5. The van der Waals surface area contributed by atoms with Gasteiger partial charge < -0.3 is 15.3 Å². The van der Waals surface area contributed by atoms with Crippen molar-refractivity contribution < 1.29 is 19.5 Å². The molecular weight excluding hydrogens is 296 g/mol. The van der Waals surface area contributed by atoms with Gasteiger partial charge in [-0.05, 0) is 37.0 Å². The van der Waals surface area contributed by atoms with E-state index in [0.29, 0.717) is 25.9 Å². The van der Waals surface area contributed by atoms with E-state index in [1.54, 1.807) is 36.2 Å². The van der Waals surface area contributed by atoms with Crippen molar-refractivity contribution in [2.45, 2.75) is 25.7 Å². The Morgan fingerprint density at radius 2 is 1.96 bits per heavy atom. The van der Waals surface area contributed by atoms with Gasteiger partial charge in [0.15, 0.2) is 0 Å². The smallest absolute Gasteiger partial charge is 0.335 e. The fourth-order valence-corrected chi connectivity index (χ4v) is 2.85. The normalized spacial score (nSPS) is 17.6. The van der Waals surface area contributed by atoms with Gasteiger partial charge in [-0.15, -0.1) is 0 Å². The third kappa shape index (κ3) is 4.55. The first-order valence-corrected chi connectivity index (χ1v) is 7.83. The lowest BCUT2D eigenvalue weighted by Crippen LogP contribution is -2.44. The van der Waals surface area contributed by atoms with Crippen molar-refractivity contribution in [1.82, 2.24) is 10.2 Å². The first-order chi connectivity index (χ1) is 11.0. The number of piperidine rings is 1. The second kappa shape index (κ2) is 7.76. The molecule has 0 radical (unpaired) electrons. The highest BCUT2D eigenvalue weighted by molar-refractivity contribution is 5.87. The number of carbonyl (C=O) groups is 3. The van der Waals surface area contributed by atoms with Crippen LogP contribution in [-0.2, 0) is 16.0 Å². The summed E-state index contributed by atoms with van der Waals surface area (Å²) in [5.74, 6) is -1.04. The predicted octanol–water partition coefficient (Wildman–Crippen LogP) is 1.30. The molecular formula is C17H22N2O4. The molecule has 1 atom stereocenters.